The van der Waals surface area contributed by atoms with Gasteiger partial charge in [-0.3, -0.25) is 10.1 Å². The number of aliphatic carboxylic acids is 3. The van der Waals surface area contributed by atoms with Gasteiger partial charge in [0.1, 0.15) is 0 Å². The van der Waals surface area contributed by atoms with Gasteiger partial charge in [-0.15, -0.1) is 0 Å². The van der Waals surface area contributed by atoms with E-state index in [1.165, 1.54) is 250 Å². The number of hydrogen-bond donors (Lipinski definition) is 4. The Morgan fingerprint density at radius 3 is 0.694 bits per heavy atom. The van der Waals surface area contributed by atoms with Crippen molar-refractivity contribution in [3.63, 3.8) is 0 Å². The SMILES string of the molecule is CCCCCCCCCCCCCCCCCC(=O)[O-].CCCCCCCCCCCCCCCCCC(=O)[O-].CCCCCCCCCCCCCCCCCC(=O)[O-].NC(=O)NC1NC(=O)NC1=O.[Al+3]. The second-order valence-corrected chi connectivity index (χ2v) is 20.1. The number of primary amides is 1. The second kappa shape index (κ2) is 64.3. The smallest absolute Gasteiger partial charge is 0.550 e. The fourth-order valence-corrected chi connectivity index (χ4v) is 8.58. The van der Waals surface area contributed by atoms with Gasteiger partial charge in [0.25, 0.3) is 5.91 Å². The summed E-state index contributed by atoms with van der Waals surface area (Å²) in [6, 6.07) is -1.51. The summed E-state index contributed by atoms with van der Waals surface area (Å²) < 4.78 is 0. The van der Waals surface area contributed by atoms with Crippen molar-refractivity contribution in [2.75, 3.05) is 0 Å². The van der Waals surface area contributed by atoms with Gasteiger partial charge in [-0.25, -0.2) is 9.59 Å². The molecule has 0 saturated carbocycles. The summed E-state index contributed by atoms with van der Waals surface area (Å²) in [6.07, 6.45) is 58.5. The molecule has 0 aliphatic carbocycles. The number of unbranched alkanes of at least 4 members (excludes halogenated alkanes) is 42. The van der Waals surface area contributed by atoms with Crippen LogP contribution in [0.15, 0.2) is 0 Å². The molecule has 14 heteroatoms. The number of carbonyl (C=O) groups is 6. The van der Waals surface area contributed by atoms with Crippen LogP contribution in [-0.2, 0) is 19.2 Å². The van der Waals surface area contributed by atoms with Crippen molar-refractivity contribution in [3.05, 3.63) is 0 Å². The van der Waals surface area contributed by atoms with Gasteiger partial charge in [0, 0.05) is 17.9 Å². The van der Waals surface area contributed by atoms with E-state index >= 15 is 0 Å². The largest absolute Gasteiger partial charge is 3.00 e. The first-order valence-electron chi connectivity index (χ1n) is 29.7. The standard InChI is InChI=1S/3C18H36O2.C4H6N4O3.Al/c3*1-2-3-4-5-6-7-8-9-10-11-12-13-14-15-16-17-18(19)20;5-3(10)6-1-2(9)8-4(11)7-1;/h3*2-17H2,1H3,(H,19,20);1H,(H3,5,6,10)(H2,7,8,9,11);/q;;;;+3/p-3. The molecule has 1 unspecified atom stereocenters. The monoisotopic (exact) mass is 1030 g/mol. The Balaban J connectivity index is -0.000000434. The normalized spacial score (nSPS) is 12.5. The van der Waals surface area contributed by atoms with Crippen LogP contribution in [0.2, 0.25) is 0 Å². The van der Waals surface area contributed by atoms with E-state index in [0.29, 0.717) is 0 Å². The molecule has 1 atom stereocenters. The average molecular weight is 1040 g/mol. The van der Waals surface area contributed by atoms with Crippen LogP contribution in [0.25, 0.3) is 0 Å². The average Bonchev–Trinajstić information content (AvgIpc) is 3.64. The first kappa shape index (κ1) is 75.7. The number of carboxylic acid groups (broad SMARTS) is 3. The Morgan fingerprint density at radius 2 is 0.556 bits per heavy atom. The van der Waals surface area contributed by atoms with Gasteiger partial charge >= 0.3 is 29.4 Å². The van der Waals surface area contributed by atoms with Gasteiger partial charge in [0.05, 0.1) is 0 Å². The number of urea groups is 2. The van der Waals surface area contributed by atoms with Crippen LogP contribution < -0.4 is 37.0 Å². The zero-order valence-electron chi connectivity index (χ0n) is 46.8. The predicted molar refractivity (Wildman–Crippen MR) is 293 cm³/mol. The van der Waals surface area contributed by atoms with E-state index in [4.69, 9.17) is 5.73 Å². The molecule has 0 aromatic rings. The van der Waals surface area contributed by atoms with E-state index in [-0.39, 0.29) is 36.6 Å². The Labute approximate surface area is 452 Å². The topological polar surface area (TPSA) is 234 Å². The molecule has 1 saturated heterocycles. The number of amides is 5. The van der Waals surface area contributed by atoms with Gasteiger partial charge in [-0.05, 0) is 38.5 Å². The van der Waals surface area contributed by atoms with Crippen molar-refractivity contribution >= 4 is 53.2 Å². The van der Waals surface area contributed by atoms with Crippen molar-refractivity contribution < 1.29 is 44.1 Å². The summed E-state index contributed by atoms with van der Waals surface area (Å²) in [4.78, 5) is 61.9. The molecule has 0 aromatic heterocycles. The minimum absolute atomic E-state index is 0. The molecule has 0 spiro atoms. The van der Waals surface area contributed by atoms with E-state index < -0.39 is 42.0 Å². The van der Waals surface area contributed by atoms with Gasteiger partial charge in [0.2, 0.25) is 0 Å². The predicted octanol–water partition coefficient (Wildman–Crippen LogP) is 12.4. The summed E-state index contributed by atoms with van der Waals surface area (Å²) in [5.41, 5.74) is 4.70. The zero-order chi connectivity index (χ0) is 53.1. The number of rotatable bonds is 49. The van der Waals surface area contributed by atoms with Crippen molar-refractivity contribution in [2.24, 2.45) is 5.73 Å². The van der Waals surface area contributed by atoms with Crippen molar-refractivity contribution in [1.29, 1.82) is 0 Å². The molecule has 0 radical (unpaired) electrons. The van der Waals surface area contributed by atoms with Crippen LogP contribution in [0.5, 0.6) is 0 Å². The zero-order valence-corrected chi connectivity index (χ0v) is 48.0. The number of nitrogens with one attached hydrogen (secondary N) is 3. The Kier molecular flexibility index (Phi) is 67.5. The third kappa shape index (κ3) is 71.4. The maximum atomic E-state index is 10.7. The quantitative estimate of drug-likeness (QED) is 0.0257. The first-order chi connectivity index (χ1) is 34.4. The van der Waals surface area contributed by atoms with E-state index in [2.05, 4.69) is 26.1 Å². The fraction of sp³-hybridized carbons (Fsp3) is 0.897. The van der Waals surface area contributed by atoms with E-state index in [1.54, 1.807) is 0 Å². The molecule has 420 valence electrons. The summed E-state index contributed by atoms with van der Waals surface area (Å²) in [5.74, 6) is -3.33. The molecular weight excluding hydrogens is 924 g/mol. The molecule has 1 fully saturated rings. The van der Waals surface area contributed by atoms with Crippen molar-refractivity contribution in [1.82, 2.24) is 16.0 Å². The molecular formula is C58H111AlN4O9. The Morgan fingerprint density at radius 1 is 0.375 bits per heavy atom. The molecule has 5 N–H and O–H groups in total. The van der Waals surface area contributed by atoms with Crippen LogP contribution >= 0.6 is 0 Å². The fourth-order valence-electron chi connectivity index (χ4n) is 8.58. The van der Waals surface area contributed by atoms with Crippen LogP contribution in [0.1, 0.15) is 329 Å². The van der Waals surface area contributed by atoms with Crippen LogP contribution in [0.4, 0.5) is 9.59 Å². The maximum Gasteiger partial charge on any atom is 3.00 e. The van der Waals surface area contributed by atoms with Crippen molar-refractivity contribution in [2.45, 2.75) is 335 Å². The molecule has 0 bridgehead atoms. The molecule has 1 heterocycles. The third-order valence-corrected chi connectivity index (χ3v) is 13.0. The second-order valence-electron chi connectivity index (χ2n) is 20.1. The van der Waals surface area contributed by atoms with E-state index in [0.717, 1.165) is 38.5 Å². The minimum atomic E-state index is -1.04. The number of imide groups is 1. The summed E-state index contributed by atoms with van der Waals surface area (Å²) in [6.45, 7) is 6.80. The minimum Gasteiger partial charge on any atom is -0.550 e. The number of carbonyl (C=O) groups excluding carboxylic acids is 6. The van der Waals surface area contributed by atoms with Gasteiger partial charge in [-0.1, -0.05) is 290 Å². The molecule has 13 nitrogen and oxygen atoms in total. The van der Waals surface area contributed by atoms with E-state index in [1.807, 2.05) is 10.6 Å². The number of carboxylic acids is 3. The molecule has 1 aliphatic rings. The van der Waals surface area contributed by atoms with Gasteiger partial charge in [-0.2, -0.15) is 0 Å². The number of nitrogens with two attached hydrogens (primary N) is 1. The molecule has 1 rings (SSSR count). The van der Waals surface area contributed by atoms with Crippen molar-refractivity contribution in [3.8, 4) is 0 Å². The molecule has 0 aromatic carbocycles. The van der Waals surface area contributed by atoms with Gasteiger partial charge < -0.3 is 46.1 Å². The van der Waals surface area contributed by atoms with E-state index in [9.17, 15) is 44.1 Å². The first-order valence-corrected chi connectivity index (χ1v) is 29.7. The Hall–Kier alpha value is -2.85. The van der Waals surface area contributed by atoms with Crippen LogP contribution in [-0.4, -0.2) is 59.4 Å². The molecule has 1 aliphatic heterocycles. The summed E-state index contributed by atoms with van der Waals surface area (Å²) in [7, 11) is 0. The third-order valence-electron chi connectivity index (χ3n) is 13.0. The number of hydrogen-bond acceptors (Lipinski definition) is 9. The molecule has 72 heavy (non-hydrogen) atoms. The van der Waals surface area contributed by atoms with Crippen LogP contribution in [0.3, 0.4) is 0 Å². The maximum absolute atomic E-state index is 10.7. The molecule has 5 amide bonds. The van der Waals surface area contributed by atoms with Gasteiger partial charge in [0.15, 0.2) is 6.17 Å². The van der Waals surface area contributed by atoms with Crippen LogP contribution in [0, 0.1) is 0 Å². The summed E-state index contributed by atoms with van der Waals surface area (Å²) >= 11 is 0. The Bertz CT molecular complexity index is 1110. The summed E-state index contributed by atoms with van der Waals surface area (Å²) in [5, 5.41) is 36.7.